The zero-order valence-electron chi connectivity index (χ0n) is 18.7. The average Bonchev–Trinajstić information content (AvgIpc) is 3.25. The number of fused-ring (bicyclic) bond motifs is 1. The maximum Gasteiger partial charge on any atom is 0.303 e. The molecular formula is C28H28N2O3. The molecule has 0 spiro atoms. The lowest BCUT2D eigenvalue weighted by molar-refractivity contribution is -0.136. The first-order chi connectivity index (χ1) is 16.0. The van der Waals surface area contributed by atoms with Crippen molar-refractivity contribution < 1.29 is 14.7 Å². The molecule has 33 heavy (non-hydrogen) atoms. The van der Waals surface area contributed by atoms with E-state index in [0.717, 1.165) is 28.5 Å². The van der Waals surface area contributed by atoms with E-state index in [1.165, 1.54) is 11.1 Å². The number of aromatic amines is 1. The summed E-state index contributed by atoms with van der Waals surface area (Å²) in [6.45, 7) is 2.75. The molecule has 1 atom stereocenters. The molecule has 0 aliphatic heterocycles. The monoisotopic (exact) mass is 440 g/mol. The minimum absolute atomic E-state index is 0.00893. The molecule has 0 fully saturated rings. The second-order valence-corrected chi connectivity index (χ2v) is 8.37. The third kappa shape index (κ3) is 5.57. The fourth-order valence-electron chi connectivity index (χ4n) is 4.06. The molecule has 4 aromatic rings. The van der Waals surface area contributed by atoms with Crippen molar-refractivity contribution in [1.82, 2.24) is 10.3 Å². The average molecular weight is 441 g/mol. The van der Waals surface area contributed by atoms with E-state index in [9.17, 15) is 9.59 Å². The summed E-state index contributed by atoms with van der Waals surface area (Å²) in [5.41, 5.74) is 5.79. The Balaban J connectivity index is 1.55. The number of carbonyl (C=O) groups excluding carboxylic acids is 1. The predicted molar refractivity (Wildman–Crippen MR) is 131 cm³/mol. The van der Waals surface area contributed by atoms with Crippen LogP contribution in [-0.4, -0.2) is 28.4 Å². The largest absolute Gasteiger partial charge is 0.481 e. The van der Waals surface area contributed by atoms with Gasteiger partial charge in [0, 0.05) is 35.6 Å². The third-order valence-corrected chi connectivity index (χ3v) is 5.92. The molecule has 0 bridgehead atoms. The molecule has 168 valence electrons. The van der Waals surface area contributed by atoms with Crippen LogP contribution in [0.5, 0.6) is 0 Å². The number of carboxylic acid groups (broad SMARTS) is 1. The Hall–Kier alpha value is -3.70. The molecule has 0 unspecified atom stereocenters. The van der Waals surface area contributed by atoms with E-state index in [2.05, 4.69) is 41.5 Å². The molecule has 1 heterocycles. The van der Waals surface area contributed by atoms with Crippen LogP contribution < -0.4 is 5.32 Å². The number of H-pyrrole nitrogens is 1. The standard InChI is InChI=1S/C28H28N2O3/c1-19-7-9-20(10-8-19)15-16-29-27(22-5-3-2-4-6-22)28(33)24-18-30-25-17-21(11-13-23(24)25)12-14-26(31)32/h2-11,13,17-18,27,29-30H,12,14-16H2,1H3,(H,31,32)/t27-/m1/s1. The number of hydrogen-bond donors (Lipinski definition) is 3. The molecule has 0 aliphatic rings. The van der Waals surface area contributed by atoms with Gasteiger partial charge in [0.25, 0.3) is 0 Å². The van der Waals surface area contributed by atoms with Gasteiger partial charge < -0.3 is 15.4 Å². The first kappa shape index (κ1) is 22.5. The number of carboxylic acids is 1. The summed E-state index contributed by atoms with van der Waals surface area (Å²) < 4.78 is 0. The van der Waals surface area contributed by atoms with Crippen molar-refractivity contribution in [2.75, 3.05) is 6.54 Å². The highest BCUT2D eigenvalue weighted by atomic mass is 16.4. The number of aromatic nitrogens is 1. The van der Waals surface area contributed by atoms with Gasteiger partial charge in [0.15, 0.2) is 5.78 Å². The van der Waals surface area contributed by atoms with Gasteiger partial charge in [-0.2, -0.15) is 0 Å². The highest BCUT2D eigenvalue weighted by Gasteiger charge is 2.24. The van der Waals surface area contributed by atoms with Gasteiger partial charge in [-0.15, -0.1) is 0 Å². The highest BCUT2D eigenvalue weighted by Crippen LogP contribution is 2.26. The van der Waals surface area contributed by atoms with Gasteiger partial charge in [-0.3, -0.25) is 9.59 Å². The molecule has 5 heteroatoms. The van der Waals surface area contributed by atoms with Crippen LogP contribution in [0.4, 0.5) is 0 Å². The fraction of sp³-hybridized carbons (Fsp3) is 0.214. The topological polar surface area (TPSA) is 82.2 Å². The lowest BCUT2D eigenvalue weighted by Crippen LogP contribution is -2.30. The summed E-state index contributed by atoms with van der Waals surface area (Å²) in [4.78, 5) is 27.7. The maximum atomic E-state index is 13.6. The van der Waals surface area contributed by atoms with Crippen molar-refractivity contribution in [3.05, 3.63) is 107 Å². The molecule has 0 radical (unpaired) electrons. The minimum atomic E-state index is -0.820. The lowest BCUT2D eigenvalue weighted by Gasteiger charge is -2.18. The van der Waals surface area contributed by atoms with Gasteiger partial charge >= 0.3 is 5.97 Å². The fourth-order valence-corrected chi connectivity index (χ4v) is 4.06. The molecule has 1 aromatic heterocycles. The van der Waals surface area contributed by atoms with Gasteiger partial charge in [-0.1, -0.05) is 72.3 Å². The normalized spacial score (nSPS) is 12.0. The molecule has 3 N–H and O–H groups in total. The van der Waals surface area contributed by atoms with Crippen LogP contribution in [0.25, 0.3) is 10.9 Å². The van der Waals surface area contributed by atoms with Crippen molar-refractivity contribution in [2.45, 2.75) is 32.2 Å². The molecule has 3 aromatic carbocycles. The van der Waals surface area contributed by atoms with Crippen LogP contribution >= 0.6 is 0 Å². The van der Waals surface area contributed by atoms with Crippen molar-refractivity contribution in [1.29, 1.82) is 0 Å². The number of aliphatic carboxylic acids is 1. The summed E-state index contributed by atoms with van der Waals surface area (Å²) in [7, 11) is 0. The van der Waals surface area contributed by atoms with E-state index >= 15 is 0 Å². The van der Waals surface area contributed by atoms with Crippen LogP contribution in [0, 0.1) is 6.92 Å². The van der Waals surface area contributed by atoms with Crippen LogP contribution in [0.1, 0.15) is 45.1 Å². The Kier molecular flexibility index (Phi) is 7.01. The second kappa shape index (κ2) is 10.3. The number of carbonyl (C=O) groups is 2. The Morgan fingerprint density at radius 2 is 1.67 bits per heavy atom. The minimum Gasteiger partial charge on any atom is -0.481 e. The SMILES string of the molecule is Cc1ccc(CCN[C@@H](C(=O)c2c[nH]c3cc(CCC(=O)O)ccc23)c2ccccc2)cc1. The Labute approximate surface area is 193 Å². The van der Waals surface area contributed by atoms with Gasteiger partial charge in [-0.25, -0.2) is 0 Å². The van der Waals surface area contributed by atoms with Crippen molar-refractivity contribution >= 4 is 22.7 Å². The van der Waals surface area contributed by atoms with Crippen molar-refractivity contribution in [3.63, 3.8) is 0 Å². The number of benzene rings is 3. The summed E-state index contributed by atoms with van der Waals surface area (Å²) in [5.74, 6) is -0.811. The Bertz CT molecular complexity index is 1240. The van der Waals surface area contributed by atoms with E-state index in [4.69, 9.17) is 5.11 Å². The molecular weight excluding hydrogens is 412 g/mol. The number of Topliss-reactive ketones (excluding diaryl/α,β-unsaturated/α-hetero) is 1. The second-order valence-electron chi connectivity index (χ2n) is 8.37. The maximum absolute atomic E-state index is 13.6. The van der Waals surface area contributed by atoms with Gasteiger partial charge in [-0.05, 0) is 42.5 Å². The van der Waals surface area contributed by atoms with Crippen molar-refractivity contribution in [2.24, 2.45) is 0 Å². The smallest absolute Gasteiger partial charge is 0.303 e. The van der Waals surface area contributed by atoms with E-state index < -0.39 is 12.0 Å². The summed E-state index contributed by atoms with van der Waals surface area (Å²) >= 11 is 0. The molecule has 0 aliphatic carbocycles. The van der Waals surface area contributed by atoms with Crippen molar-refractivity contribution in [3.8, 4) is 0 Å². The first-order valence-electron chi connectivity index (χ1n) is 11.2. The number of aryl methyl sites for hydroxylation is 2. The van der Waals surface area contributed by atoms with E-state index in [-0.39, 0.29) is 12.2 Å². The lowest BCUT2D eigenvalue weighted by atomic mass is 9.96. The molecule has 0 saturated heterocycles. The summed E-state index contributed by atoms with van der Waals surface area (Å²) in [6, 6.07) is 23.5. The Morgan fingerprint density at radius 3 is 2.39 bits per heavy atom. The number of nitrogens with one attached hydrogen (secondary N) is 2. The molecule has 5 nitrogen and oxygen atoms in total. The summed E-state index contributed by atoms with van der Waals surface area (Å²) in [5, 5.41) is 13.2. The van der Waals surface area contributed by atoms with Crippen LogP contribution in [0.15, 0.2) is 79.0 Å². The summed E-state index contributed by atoms with van der Waals surface area (Å²) in [6.07, 6.45) is 3.13. The first-order valence-corrected chi connectivity index (χ1v) is 11.2. The predicted octanol–water partition coefficient (Wildman–Crippen LogP) is 5.25. The van der Waals surface area contributed by atoms with Crippen LogP contribution in [0.3, 0.4) is 0 Å². The zero-order valence-corrected chi connectivity index (χ0v) is 18.7. The van der Waals surface area contributed by atoms with Crippen LogP contribution in [0.2, 0.25) is 0 Å². The number of ketones is 1. The van der Waals surface area contributed by atoms with Gasteiger partial charge in [0.1, 0.15) is 0 Å². The molecule has 0 amide bonds. The molecule has 4 rings (SSSR count). The molecule has 0 saturated carbocycles. The highest BCUT2D eigenvalue weighted by molar-refractivity contribution is 6.10. The zero-order chi connectivity index (χ0) is 23.2. The third-order valence-electron chi connectivity index (χ3n) is 5.92. The number of hydrogen-bond acceptors (Lipinski definition) is 3. The van der Waals surface area contributed by atoms with Gasteiger partial charge in [0.05, 0.1) is 6.04 Å². The Morgan fingerprint density at radius 1 is 0.939 bits per heavy atom. The van der Waals surface area contributed by atoms with E-state index in [1.54, 1.807) is 6.20 Å². The van der Waals surface area contributed by atoms with E-state index in [0.29, 0.717) is 18.5 Å². The van der Waals surface area contributed by atoms with E-state index in [1.807, 2.05) is 48.5 Å². The van der Waals surface area contributed by atoms with Gasteiger partial charge in [0.2, 0.25) is 0 Å². The quantitative estimate of drug-likeness (QED) is 0.294. The number of rotatable bonds is 10. The van der Waals surface area contributed by atoms with Crippen LogP contribution in [-0.2, 0) is 17.6 Å².